The lowest BCUT2D eigenvalue weighted by Gasteiger charge is -2.07. The minimum Gasteiger partial charge on any atom is -0.482 e. The van der Waals surface area contributed by atoms with Gasteiger partial charge in [0.25, 0.3) is 5.91 Å². The number of ether oxygens (including phenoxy) is 1. The van der Waals surface area contributed by atoms with Crippen molar-refractivity contribution in [2.75, 3.05) is 6.61 Å². The third-order valence-electron chi connectivity index (χ3n) is 2.81. The van der Waals surface area contributed by atoms with Gasteiger partial charge in [0.05, 0.1) is 11.3 Å². The second-order valence-corrected chi connectivity index (χ2v) is 4.36. The highest BCUT2D eigenvalue weighted by atomic mass is 16.5. The van der Waals surface area contributed by atoms with Crippen molar-refractivity contribution in [2.24, 2.45) is 5.10 Å². The fourth-order valence-corrected chi connectivity index (χ4v) is 1.66. The number of carbonyl (C=O) groups excluding carboxylic acids is 1. The molecule has 2 rings (SSSR count). The molecular formula is C16H14N4O2. The summed E-state index contributed by atoms with van der Waals surface area (Å²) in [5, 5.41) is 12.9. The van der Waals surface area contributed by atoms with E-state index in [1.54, 1.807) is 55.7 Å². The van der Waals surface area contributed by atoms with E-state index in [0.717, 1.165) is 5.56 Å². The van der Waals surface area contributed by atoms with Crippen molar-refractivity contribution in [1.82, 2.24) is 10.4 Å². The molecule has 1 N–H and O–H groups in total. The lowest BCUT2D eigenvalue weighted by Crippen LogP contribution is -2.25. The predicted octanol–water partition coefficient (Wildman–Crippen LogP) is 1.87. The van der Waals surface area contributed by atoms with Crippen LogP contribution in [0.2, 0.25) is 0 Å². The maximum absolute atomic E-state index is 11.7. The third-order valence-corrected chi connectivity index (χ3v) is 2.81. The molecule has 0 saturated heterocycles. The molecule has 0 bridgehead atoms. The van der Waals surface area contributed by atoms with Gasteiger partial charge in [-0.05, 0) is 31.2 Å². The molecule has 0 fully saturated rings. The van der Waals surface area contributed by atoms with Gasteiger partial charge in [-0.25, -0.2) is 5.43 Å². The number of pyridine rings is 1. The number of nitrogens with one attached hydrogen (secondary N) is 1. The Morgan fingerprint density at radius 3 is 2.77 bits per heavy atom. The van der Waals surface area contributed by atoms with Crippen molar-refractivity contribution in [3.05, 3.63) is 59.9 Å². The maximum atomic E-state index is 11.7. The summed E-state index contributed by atoms with van der Waals surface area (Å²) < 4.78 is 5.31. The first-order chi connectivity index (χ1) is 10.7. The normalized spacial score (nSPS) is 10.6. The molecule has 22 heavy (non-hydrogen) atoms. The van der Waals surface area contributed by atoms with Gasteiger partial charge in [-0.3, -0.25) is 9.78 Å². The number of hydrazone groups is 1. The first-order valence-corrected chi connectivity index (χ1v) is 6.56. The molecule has 6 nitrogen and oxygen atoms in total. The van der Waals surface area contributed by atoms with E-state index in [1.807, 2.05) is 6.07 Å². The molecule has 1 heterocycles. The fourth-order valence-electron chi connectivity index (χ4n) is 1.66. The van der Waals surface area contributed by atoms with Gasteiger partial charge in [0, 0.05) is 18.0 Å². The molecule has 0 aliphatic carbocycles. The maximum Gasteiger partial charge on any atom is 0.277 e. The Hall–Kier alpha value is -3.20. The van der Waals surface area contributed by atoms with Crippen LogP contribution in [0.5, 0.6) is 5.75 Å². The van der Waals surface area contributed by atoms with Crippen molar-refractivity contribution >= 4 is 11.6 Å². The molecule has 6 heteroatoms. The molecular weight excluding hydrogens is 280 g/mol. The van der Waals surface area contributed by atoms with Crippen LogP contribution in [-0.2, 0) is 4.79 Å². The van der Waals surface area contributed by atoms with E-state index in [9.17, 15) is 4.79 Å². The molecule has 1 aromatic carbocycles. The van der Waals surface area contributed by atoms with E-state index in [4.69, 9.17) is 10.00 Å². The fraction of sp³-hybridized carbons (Fsp3) is 0.125. The van der Waals surface area contributed by atoms with Gasteiger partial charge >= 0.3 is 0 Å². The first kappa shape index (κ1) is 15.2. The highest BCUT2D eigenvalue weighted by molar-refractivity contribution is 5.99. The Kier molecular flexibility index (Phi) is 5.21. The van der Waals surface area contributed by atoms with E-state index in [0.29, 0.717) is 17.0 Å². The zero-order valence-corrected chi connectivity index (χ0v) is 12.0. The molecule has 0 atom stereocenters. The minimum atomic E-state index is -0.402. The number of hydrogen-bond donors (Lipinski definition) is 1. The zero-order valence-electron chi connectivity index (χ0n) is 12.0. The number of para-hydroxylation sites is 1. The molecule has 0 aliphatic heterocycles. The largest absolute Gasteiger partial charge is 0.482 e. The smallest absolute Gasteiger partial charge is 0.277 e. The van der Waals surface area contributed by atoms with Crippen LogP contribution < -0.4 is 10.2 Å². The van der Waals surface area contributed by atoms with Crippen molar-refractivity contribution in [3.63, 3.8) is 0 Å². The van der Waals surface area contributed by atoms with E-state index in [2.05, 4.69) is 15.5 Å². The van der Waals surface area contributed by atoms with Gasteiger partial charge in [0.2, 0.25) is 0 Å². The highest BCUT2D eigenvalue weighted by Crippen LogP contribution is 2.16. The summed E-state index contributed by atoms with van der Waals surface area (Å²) in [7, 11) is 0. The monoisotopic (exact) mass is 294 g/mol. The molecule has 1 amide bonds. The lowest BCUT2D eigenvalue weighted by molar-refractivity contribution is -0.123. The lowest BCUT2D eigenvalue weighted by atomic mass is 10.2. The average molecular weight is 294 g/mol. The van der Waals surface area contributed by atoms with Crippen LogP contribution in [0.3, 0.4) is 0 Å². The van der Waals surface area contributed by atoms with Gasteiger partial charge in [0.15, 0.2) is 6.61 Å². The number of benzene rings is 1. The van der Waals surface area contributed by atoms with Crippen molar-refractivity contribution in [3.8, 4) is 11.8 Å². The van der Waals surface area contributed by atoms with Crippen LogP contribution in [0.4, 0.5) is 0 Å². The summed E-state index contributed by atoms with van der Waals surface area (Å²) in [4.78, 5) is 15.6. The second-order valence-electron chi connectivity index (χ2n) is 4.36. The number of hydrogen-bond acceptors (Lipinski definition) is 5. The summed E-state index contributed by atoms with van der Waals surface area (Å²) in [6.07, 6.45) is 3.30. The summed E-state index contributed by atoms with van der Waals surface area (Å²) in [6, 6.07) is 12.3. The Labute approximate surface area is 128 Å². The van der Waals surface area contributed by atoms with Gasteiger partial charge < -0.3 is 4.74 Å². The van der Waals surface area contributed by atoms with Gasteiger partial charge in [0.1, 0.15) is 11.8 Å². The van der Waals surface area contributed by atoms with Crippen LogP contribution in [0.1, 0.15) is 18.1 Å². The Morgan fingerprint density at radius 1 is 1.32 bits per heavy atom. The van der Waals surface area contributed by atoms with Crippen LogP contribution in [-0.4, -0.2) is 23.2 Å². The van der Waals surface area contributed by atoms with Crippen molar-refractivity contribution < 1.29 is 9.53 Å². The summed E-state index contributed by atoms with van der Waals surface area (Å²) in [5.41, 5.74) is 4.32. The number of rotatable bonds is 5. The van der Waals surface area contributed by atoms with Crippen LogP contribution in [0, 0.1) is 11.3 Å². The molecule has 0 aliphatic rings. The standard InChI is InChI=1S/C16H14N4O2/c1-12(13-6-8-18-9-7-13)19-20-16(21)11-22-15-5-3-2-4-14(15)10-17/h2-9H,11H2,1H3,(H,20,21)/b19-12+. The average Bonchev–Trinajstić information content (AvgIpc) is 2.58. The molecule has 2 aromatic rings. The Bertz CT molecular complexity index is 720. The van der Waals surface area contributed by atoms with E-state index < -0.39 is 5.91 Å². The first-order valence-electron chi connectivity index (χ1n) is 6.56. The Morgan fingerprint density at radius 2 is 2.05 bits per heavy atom. The zero-order chi connectivity index (χ0) is 15.8. The van der Waals surface area contributed by atoms with Crippen molar-refractivity contribution in [2.45, 2.75) is 6.92 Å². The van der Waals surface area contributed by atoms with E-state index in [-0.39, 0.29) is 6.61 Å². The summed E-state index contributed by atoms with van der Waals surface area (Å²) >= 11 is 0. The van der Waals surface area contributed by atoms with Gasteiger partial charge in [-0.1, -0.05) is 12.1 Å². The molecule has 0 saturated carbocycles. The van der Waals surface area contributed by atoms with Crippen LogP contribution in [0.15, 0.2) is 53.9 Å². The second kappa shape index (κ2) is 7.55. The van der Waals surface area contributed by atoms with E-state index in [1.165, 1.54) is 0 Å². The quantitative estimate of drug-likeness (QED) is 0.673. The van der Waals surface area contributed by atoms with Crippen LogP contribution in [0.25, 0.3) is 0 Å². The van der Waals surface area contributed by atoms with Gasteiger partial charge in [-0.15, -0.1) is 0 Å². The van der Waals surface area contributed by atoms with Gasteiger partial charge in [-0.2, -0.15) is 10.4 Å². The summed E-state index contributed by atoms with van der Waals surface area (Å²) in [6.45, 7) is 1.56. The number of aromatic nitrogens is 1. The molecule has 1 aromatic heterocycles. The summed E-state index contributed by atoms with van der Waals surface area (Å²) in [5.74, 6) is -0.0314. The number of nitrogens with zero attached hydrogens (tertiary/aromatic N) is 3. The van der Waals surface area contributed by atoms with E-state index >= 15 is 0 Å². The minimum absolute atomic E-state index is 0.216. The Balaban J connectivity index is 1.90. The number of amides is 1. The van der Waals surface area contributed by atoms with Crippen LogP contribution >= 0.6 is 0 Å². The van der Waals surface area contributed by atoms with Crippen molar-refractivity contribution in [1.29, 1.82) is 5.26 Å². The molecule has 0 spiro atoms. The highest BCUT2D eigenvalue weighted by Gasteiger charge is 2.06. The molecule has 110 valence electrons. The number of carbonyl (C=O) groups is 1. The molecule has 0 radical (unpaired) electrons. The third kappa shape index (κ3) is 4.15. The predicted molar refractivity (Wildman–Crippen MR) is 81.2 cm³/mol. The topological polar surface area (TPSA) is 87.4 Å². The number of nitriles is 1. The SMILES string of the molecule is C/C(=N\NC(=O)COc1ccccc1C#N)c1ccncc1. The molecule has 0 unspecified atom stereocenters.